The van der Waals surface area contributed by atoms with Gasteiger partial charge in [0.05, 0.1) is 11.4 Å². The number of carboxylic acid groups (broad SMARTS) is 1. The average Bonchev–Trinajstić information content (AvgIpc) is 2.46. The van der Waals surface area contributed by atoms with Crippen LogP contribution in [0.15, 0.2) is 48.5 Å². The molecule has 0 aliphatic rings. The van der Waals surface area contributed by atoms with Crippen LogP contribution in [-0.2, 0) is 11.2 Å². The third-order valence-corrected chi connectivity index (χ3v) is 3.06. The maximum Gasteiger partial charge on any atom is 0.307 e. The van der Waals surface area contributed by atoms with Gasteiger partial charge in [-0.2, -0.15) is 0 Å². The van der Waals surface area contributed by atoms with Gasteiger partial charge in [0.1, 0.15) is 24.7 Å². The Morgan fingerprint density at radius 1 is 0.952 bits per heavy atom. The lowest BCUT2D eigenvalue weighted by Crippen LogP contribution is -2.11. The summed E-state index contributed by atoms with van der Waals surface area (Å²) in [4.78, 5) is 10.8. The first-order chi connectivity index (χ1) is 10.2. The Balaban J connectivity index is 1.86. The second kappa shape index (κ2) is 7.55. The molecule has 0 bridgehead atoms. The Kier molecular flexibility index (Phi) is 5.46. The number of carbonyl (C=O) groups is 1. The van der Waals surface area contributed by atoms with Crippen molar-refractivity contribution < 1.29 is 19.4 Å². The Hall–Kier alpha value is -2.20. The van der Waals surface area contributed by atoms with Gasteiger partial charge in [0.2, 0.25) is 0 Å². The van der Waals surface area contributed by atoms with E-state index in [0.29, 0.717) is 35.3 Å². The summed E-state index contributed by atoms with van der Waals surface area (Å²) in [5.41, 5.74) is 0.641. The molecular formula is C16H15ClO4. The number of rotatable bonds is 7. The van der Waals surface area contributed by atoms with Crippen molar-refractivity contribution in [3.63, 3.8) is 0 Å². The van der Waals surface area contributed by atoms with Crippen LogP contribution in [0.25, 0.3) is 0 Å². The standard InChI is InChI=1S/C16H15ClO4/c17-13-6-2-4-8-15(13)21-10-9-20-14-7-3-1-5-12(14)11-16(18)19/h1-8H,9-11H2,(H,18,19). The summed E-state index contributed by atoms with van der Waals surface area (Å²) in [6.07, 6.45) is -0.0679. The van der Waals surface area contributed by atoms with Gasteiger partial charge in [0, 0.05) is 5.56 Å². The van der Waals surface area contributed by atoms with Crippen molar-refractivity contribution in [1.82, 2.24) is 0 Å². The van der Waals surface area contributed by atoms with Gasteiger partial charge in [0.15, 0.2) is 0 Å². The molecule has 0 saturated carbocycles. The Morgan fingerprint density at radius 2 is 1.52 bits per heavy atom. The minimum Gasteiger partial charge on any atom is -0.490 e. The zero-order valence-electron chi connectivity index (χ0n) is 11.3. The van der Waals surface area contributed by atoms with Crippen molar-refractivity contribution in [2.75, 3.05) is 13.2 Å². The molecule has 110 valence electrons. The lowest BCUT2D eigenvalue weighted by Gasteiger charge is -2.11. The molecule has 21 heavy (non-hydrogen) atoms. The summed E-state index contributed by atoms with van der Waals surface area (Å²) in [6.45, 7) is 0.632. The Labute approximate surface area is 127 Å². The second-order valence-electron chi connectivity index (χ2n) is 4.31. The van der Waals surface area contributed by atoms with Crippen molar-refractivity contribution >= 4 is 17.6 Å². The van der Waals surface area contributed by atoms with Gasteiger partial charge in [0.25, 0.3) is 0 Å². The summed E-state index contributed by atoms with van der Waals surface area (Å²) in [5.74, 6) is 0.266. The van der Waals surface area contributed by atoms with Crippen LogP contribution < -0.4 is 9.47 Å². The van der Waals surface area contributed by atoms with E-state index in [-0.39, 0.29) is 6.42 Å². The number of aliphatic carboxylic acids is 1. The molecule has 2 rings (SSSR count). The number of carboxylic acids is 1. The highest BCUT2D eigenvalue weighted by Gasteiger charge is 2.07. The Morgan fingerprint density at radius 3 is 2.19 bits per heavy atom. The number of halogens is 1. The highest BCUT2D eigenvalue weighted by molar-refractivity contribution is 6.32. The zero-order valence-corrected chi connectivity index (χ0v) is 12.0. The molecule has 0 spiro atoms. The molecule has 0 aliphatic heterocycles. The second-order valence-corrected chi connectivity index (χ2v) is 4.71. The fourth-order valence-corrected chi connectivity index (χ4v) is 2.01. The molecule has 2 aromatic rings. The number of hydrogen-bond donors (Lipinski definition) is 1. The van der Waals surface area contributed by atoms with E-state index in [1.165, 1.54) is 0 Å². The number of para-hydroxylation sites is 2. The smallest absolute Gasteiger partial charge is 0.307 e. The molecule has 5 heteroatoms. The average molecular weight is 307 g/mol. The summed E-state index contributed by atoms with van der Waals surface area (Å²) in [5, 5.41) is 9.39. The highest BCUT2D eigenvalue weighted by atomic mass is 35.5. The van der Waals surface area contributed by atoms with E-state index in [2.05, 4.69) is 0 Å². The summed E-state index contributed by atoms with van der Waals surface area (Å²) in [6, 6.07) is 14.3. The largest absolute Gasteiger partial charge is 0.490 e. The van der Waals surface area contributed by atoms with Crippen LogP contribution in [0.1, 0.15) is 5.56 Å². The van der Waals surface area contributed by atoms with Crippen LogP contribution in [0.2, 0.25) is 5.02 Å². The van der Waals surface area contributed by atoms with Crippen LogP contribution in [0.3, 0.4) is 0 Å². The van der Waals surface area contributed by atoms with E-state index >= 15 is 0 Å². The summed E-state index contributed by atoms with van der Waals surface area (Å²) < 4.78 is 11.1. The van der Waals surface area contributed by atoms with E-state index in [1.807, 2.05) is 12.1 Å². The van der Waals surface area contributed by atoms with E-state index < -0.39 is 5.97 Å². The lowest BCUT2D eigenvalue weighted by molar-refractivity contribution is -0.136. The van der Waals surface area contributed by atoms with Crippen molar-refractivity contribution in [1.29, 1.82) is 0 Å². The molecule has 0 unspecified atom stereocenters. The van der Waals surface area contributed by atoms with Crippen LogP contribution in [-0.4, -0.2) is 24.3 Å². The van der Waals surface area contributed by atoms with E-state index in [1.54, 1.807) is 36.4 Å². The fraction of sp³-hybridized carbons (Fsp3) is 0.188. The van der Waals surface area contributed by atoms with E-state index in [4.69, 9.17) is 26.2 Å². The van der Waals surface area contributed by atoms with Crippen LogP contribution in [0, 0.1) is 0 Å². The van der Waals surface area contributed by atoms with Gasteiger partial charge >= 0.3 is 5.97 Å². The van der Waals surface area contributed by atoms with Gasteiger partial charge in [-0.3, -0.25) is 4.79 Å². The van der Waals surface area contributed by atoms with Gasteiger partial charge in [-0.05, 0) is 18.2 Å². The minimum absolute atomic E-state index is 0.0679. The van der Waals surface area contributed by atoms with Crippen LogP contribution >= 0.6 is 11.6 Å². The zero-order chi connectivity index (χ0) is 15.1. The SMILES string of the molecule is O=C(O)Cc1ccccc1OCCOc1ccccc1Cl. The predicted molar refractivity (Wildman–Crippen MR) is 80.2 cm³/mol. The maximum absolute atomic E-state index is 10.8. The number of benzene rings is 2. The van der Waals surface area contributed by atoms with E-state index in [9.17, 15) is 4.79 Å². The molecule has 0 aromatic heterocycles. The third kappa shape index (κ3) is 4.68. The highest BCUT2D eigenvalue weighted by Crippen LogP contribution is 2.23. The van der Waals surface area contributed by atoms with Crippen molar-refractivity contribution in [3.05, 3.63) is 59.1 Å². The lowest BCUT2D eigenvalue weighted by atomic mass is 10.1. The van der Waals surface area contributed by atoms with Gasteiger partial charge in [-0.15, -0.1) is 0 Å². The molecule has 1 N–H and O–H groups in total. The molecule has 0 heterocycles. The monoisotopic (exact) mass is 306 g/mol. The van der Waals surface area contributed by atoms with Crippen molar-refractivity contribution in [3.8, 4) is 11.5 Å². The molecule has 0 radical (unpaired) electrons. The first kappa shape index (κ1) is 15.2. The van der Waals surface area contributed by atoms with Gasteiger partial charge in [-0.25, -0.2) is 0 Å². The minimum atomic E-state index is -0.890. The molecule has 0 aliphatic carbocycles. The normalized spacial score (nSPS) is 10.1. The van der Waals surface area contributed by atoms with Gasteiger partial charge < -0.3 is 14.6 Å². The first-order valence-electron chi connectivity index (χ1n) is 6.46. The molecule has 0 fully saturated rings. The molecule has 0 amide bonds. The summed E-state index contributed by atoms with van der Waals surface area (Å²) in [7, 11) is 0. The van der Waals surface area contributed by atoms with E-state index in [0.717, 1.165) is 0 Å². The molecular weight excluding hydrogens is 292 g/mol. The Bertz CT molecular complexity index is 613. The molecule has 0 atom stereocenters. The van der Waals surface area contributed by atoms with Gasteiger partial charge in [-0.1, -0.05) is 41.9 Å². The van der Waals surface area contributed by atoms with Crippen LogP contribution in [0.4, 0.5) is 0 Å². The fourth-order valence-electron chi connectivity index (χ4n) is 1.82. The number of hydrogen-bond acceptors (Lipinski definition) is 3. The third-order valence-electron chi connectivity index (χ3n) is 2.75. The van der Waals surface area contributed by atoms with Crippen molar-refractivity contribution in [2.45, 2.75) is 6.42 Å². The molecule has 2 aromatic carbocycles. The van der Waals surface area contributed by atoms with Crippen LogP contribution in [0.5, 0.6) is 11.5 Å². The number of ether oxygens (including phenoxy) is 2. The maximum atomic E-state index is 10.8. The molecule has 0 saturated heterocycles. The van der Waals surface area contributed by atoms with Crippen molar-refractivity contribution in [2.24, 2.45) is 0 Å². The topological polar surface area (TPSA) is 55.8 Å². The quantitative estimate of drug-likeness (QED) is 0.796. The first-order valence-corrected chi connectivity index (χ1v) is 6.84. The summed E-state index contributed by atoms with van der Waals surface area (Å²) >= 11 is 5.97. The predicted octanol–water partition coefficient (Wildman–Crippen LogP) is 3.42. The molecule has 4 nitrogen and oxygen atoms in total.